The van der Waals surface area contributed by atoms with Crippen LogP contribution in [0.15, 0.2) is 28.9 Å². The second-order valence-electron chi connectivity index (χ2n) is 4.33. The third kappa shape index (κ3) is 2.02. The maximum atomic E-state index is 6.28. The minimum Gasteiger partial charge on any atom is -0.239 e. The molecule has 17 heavy (non-hydrogen) atoms. The van der Waals surface area contributed by atoms with Gasteiger partial charge in [0.05, 0.1) is 16.4 Å². The zero-order valence-electron chi connectivity index (χ0n) is 9.29. The van der Waals surface area contributed by atoms with Crippen molar-refractivity contribution in [3.8, 4) is 5.69 Å². The maximum absolute atomic E-state index is 6.28. The van der Waals surface area contributed by atoms with E-state index < -0.39 is 0 Å². The molecule has 0 unspecified atom stereocenters. The first kappa shape index (κ1) is 11.3. The number of rotatable bonds is 1. The van der Waals surface area contributed by atoms with E-state index in [1.807, 2.05) is 22.9 Å². The SMILES string of the molecule is Clc1c(Br)cccc1-n1cc2c(n1)CCCC2. The quantitative estimate of drug-likeness (QED) is 0.773. The van der Waals surface area contributed by atoms with E-state index in [2.05, 4.69) is 27.2 Å². The third-order valence-electron chi connectivity index (χ3n) is 3.16. The Morgan fingerprint density at radius 1 is 1.24 bits per heavy atom. The average molecular weight is 312 g/mol. The molecular weight excluding hydrogens is 300 g/mol. The molecule has 0 fully saturated rings. The molecule has 2 nitrogen and oxygen atoms in total. The van der Waals surface area contributed by atoms with Crippen molar-refractivity contribution in [3.63, 3.8) is 0 Å². The van der Waals surface area contributed by atoms with Crippen molar-refractivity contribution in [1.82, 2.24) is 9.78 Å². The summed E-state index contributed by atoms with van der Waals surface area (Å²) < 4.78 is 2.81. The van der Waals surface area contributed by atoms with Gasteiger partial charge in [-0.2, -0.15) is 5.10 Å². The van der Waals surface area contributed by atoms with Crippen molar-refractivity contribution in [3.05, 3.63) is 45.1 Å². The summed E-state index contributed by atoms with van der Waals surface area (Å²) >= 11 is 9.73. The smallest absolute Gasteiger partial charge is 0.0843 e. The highest BCUT2D eigenvalue weighted by Gasteiger charge is 2.15. The Kier molecular flexibility index (Phi) is 2.97. The minimum absolute atomic E-state index is 0.715. The molecule has 3 rings (SSSR count). The Hall–Kier alpha value is -0.800. The summed E-state index contributed by atoms with van der Waals surface area (Å²) in [5, 5.41) is 5.35. The van der Waals surface area contributed by atoms with Crippen LogP contribution in [0.5, 0.6) is 0 Å². The molecule has 1 aromatic heterocycles. The first-order valence-electron chi connectivity index (χ1n) is 5.77. The number of aromatic nitrogens is 2. The molecule has 0 saturated carbocycles. The highest BCUT2D eigenvalue weighted by atomic mass is 79.9. The fourth-order valence-electron chi connectivity index (χ4n) is 2.27. The van der Waals surface area contributed by atoms with Crippen molar-refractivity contribution in [2.45, 2.75) is 25.7 Å². The molecule has 2 aromatic rings. The van der Waals surface area contributed by atoms with Gasteiger partial charge >= 0.3 is 0 Å². The molecule has 0 spiro atoms. The van der Waals surface area contributed by atoms with Gasteiger partial charge in [0, 0.05) is 10.7 Å². The van der Waals surface area contributed by atoms with E-state index in [1.165, 1.54) is 24.1 Å². The van der Waals surface area contributed by atoms with E-state index >= 15 is 0 Å². The van der Waals surface area contributed by atoms with Crippen molar-refractivity contribution < 1.29 is 0 Å². The number of benzene rings is 1. The van der Waals surface area contributed by atoms with E-state index in [9.17, 15) is 0 Å². The lowest BCUT2D eigenvalue weighted by Crippen LogP contribution is -2.00. The lowest BCUT2D eigenvalue weighted by Gasteiger charge is -2.06. The summed E-state index contributed by atoms with van der Waals surface area (Å²) in [5.41, 5.74) is 3.54. The Bertz CT molecular complexity index is 539. The van der Waals surface area contributed by atoms with Crippen LogP contribution >= 0.6 is 27.5 Å². The molecule has 1 heterocycles. The van der Waals surface area contributed by atoms with Gasteiger partial charge in [-0.25, -0.2) is 4.68 Å². The molecule has 1 aliphatic rings. The highest BCUT2D eigenvalue weighted by molar-refractivity contribution is 9.10. The summed E-state index contributed by atoms with van der Waals surface area (Å²) in [6, 6.07) is 5.91. The fourth-order valence-corrected chi connectivity index (χ4v) is 2.83. The van der Waals surface area contributed by atoms with Gasteiger partial charge in [-0.15, -0.1) is 0 Å². The minimum atomic E-state index is 0.715. The number of nitrogens with zero attached hydrogens (tertiary/aromatic N) is 2. The van der Waals surface area contributed by atoms with Gasteiger partial charge in [-0.1, -0.05) is 17.7 Å². The molecule has 0 amide bonds. The zero-order chi connectivity index (χ0) is 11.8. The van der Waals surface area contributed by atoms with Crippen molar-refractivity contribution >= 4 is 27.5 Å². The van der Waals surface area contributed by atoms with Gasteiger partial charge < -0.3 is 0 Å². The summed E-state index contributed by atoms with van der Waals surface area (Å²) in [7, 11) is 0. The van der Waals surface area contributed by atoms with Crippen LogP contribution in [0.2, 0.25) is 5.02 Å². The van der Waals surface area contributed by atoms with E-state index in [0.29, 0.717) is 5.02 Å². The summed E-state index contributed by atoms with van der Waals surface area (Å²) in [6.45, 7) is 0. The van der Waals surface area contributed by atoms with E-state index in [4.69, 9.17) is 11.6 Å². The predicted molar refractivity (Wildman–Crippen MR) is 72.9 cm³/mol. The first-order chi connectivity index (χ1) is 8.25. The van der Waals surface area contributed by atoms with Crippen molar-refractivity contribution in [2.75, 3.05) is 0 Å². The summed E-state index contributed by atoms with van der Waals surface area (Å²) in [4.78, 5) is 0. The van der Waals surface area contributed by atoms with Crippen LogP contribution in [0.3, 0.4) is 0 Å². The van der Waals surface area contributed by atoms with E-state index in [-0.39, 0.29) is 0 Å². The Morgan fingerprint density at radius 3 is 2.88 bits per heavy atom. The van der Waals surface area contributed by atoms with Gasteiger partial charge in [-0.05, 0) is 59.3 Å². The molecule has 1 aliphatic carbocycles. The van der Waals surface area contributed by atoms with Crippen LogP contribution in [-0.2, 0) is 12.8 Å². The maximum Gasteiger partial charge on any atom is 0.0843 e. The summed E-state index contributed by atoms with van der Waals surface area (Å²) in [5.74, 6) is 0. The van der Waals surface area contributed by atoms with Crippen LogP contribution in [0.25, 0.3) is 5.69 Å². The number of aryl methyl sites for hydroxylation is 2. The molecule has 88 valence electrons. The van der Waals surface area contributed by atoms with E-state index in [1.54, 1.807) is 0 Å². The van der Waals surface area contributed by atoms with Crippen LogP contribution in [0, 0.1) is 0 Å². The standard InChI is InChI=1S/C13H12BrClN2/c14-10-5-3-7-12(13(10)15)17-8-9-4-1-2-6-11(9)16-17/h3,5,7-8H,1-2,4,6H2. The number of fused-ring (bicyclic) bond motifs is 1. The number of hydrogen-bond acceptors (Lipinski definition) is 1. The van der Waals surface area contributed by atoms with Gasteiger partial charge in [0.1, 0.15) is 0 Å². The lowest BCUT2D eigenvalue weighted by atomic mass is 9.99. The predicted octanol–water partition coefficient (Wildman–Crippen LogP) is 4.17. The molecule has 0 atom stereocenters. The topological polar surface area (TPSA) is 17.8 Å². The zero-order valence-corrected chi connectivity index (χ0v) is 11.6. The molecular formula is C13H12BrClN2. The third-order valence-corrected chi connectivity index (χ3v) is 4.45. The van der Waals surface area contributed by atoms with Crippen LogP contribution in [0.1, 0.15) is 24.1 Å². The van der Waals surface area contributed by atoms with Crippen molar-refractivity contribution in [2.24, 2.45) is 0 Å². The van der Waals surface area contributed by atoms with Crippen LogP contribution < -0.4 is 0 Å². The fraction of sp³-hybridized carbons (Fsp3) is 0.308. The molecule has 0 radical (unpaired) electrons. The molecule has 4 heteroatoms. The largest absolute Gasteiger partial charge is 0.239 e. The lowest BCUT2D eigenvalue weighted by molar-refractivity contribution is 0.671. The molecule has 1 aromatic carbocycles. The second-order valence-corrected chi connectivity index (χ2v) is 5.56. The number of hydrogen-bond donors (Lipinski definition) is 0. The van der Waals surface area contributed by atoms with Gasteiger partial charge in [0.2, 0.25) is 0 Å². The second kappa shape index (κ2) is 4.46. The first-order valence-corrected chi connectivity index (χ1v) is 6.94. The normalized spacial score (nSPS) is 14.7. The van der Waals surface area contributed by atoms with E-state index in [0.717, 1.165) is 23.0 Å². The van der Waals surface area contributed by atoms with Crippen LogP contribution in [0.4, 0.5) is 0 Å². The van der Waals surface area contributed by atoms with Gasteiger partial charge in [0.25, 0.3) is 0 Å². The molecule has 0 bridgehead atoms. The van der Waals surface area contributed by atoms with Crippen molar-refractivity contribution in [1.29, 1.82) is 0 Å². The van der Waals surface area contributed by atoms with Crippen LogP contribution in [-0.4, -0.2) is 9.78 Å². The van der Waals surface area contributed by atoms with Gasteiger partial charge in [0.15, 0.2) is 0 Å². The molecule has 0 aliphatic heterocycles. The molecule has 0 saturated heterocycles. The number of halogens is 2. The van der Waals surface area contributed by atoms with Gasteiger partial charge in [-0.3, -0.25) is 0 Å². The average Bonchev–Trinajstić information content (AvgIpc) is 2.76. The Labute approximate surface area is 114 Å². The monoisotopic (exact) mass is 310 g/mol. The Morgan fingerprint density at radius 2 is 2.06 bits per heavy atom. The highest BCUT2D eigenvalue weighted by Crippen LogP contribution is 2.30. The molecule has 0 N–H and O–H groups in total. The summed E-state index contributed by atoms with van der Waals surface area (Å²) in [6.07, 6.45) is 6.86. The Balaban J connectivity index is 2.09.